The van der Waals surface area contributed by atoms with Crippen LogP contribution in [0.25, 0.3) is 0 Å². The Labute approximate surface area is 172 Å². The van der Waals surface area contributed by atoms with Gasteiger partial charge in [0, 0.05) is 11.1 Å². The quantitative estimate of drug-likeness (QED) is 0.734. The Bertz CT molecular complexity index is 754. The molecule has 2 aliphatic heterocycles. The highest BCUT2D eigenvalue weighted by Crippen LogP contribution is 2.46. The van der Waals surface area contributed by atoms with E-state index in [0.717, 1.165) is 0 Å². The highest BCUT2D eigenvalue weighted by Gasteiger charge is 2.55. The van der Waals surface area contributed by atoms with Crippen molar-refractivity contribution in [1.29, 1.82) is 0 Å². The first kappa shape index (κ1) is 20.1. The molecule has 0 amide bonds. The van der Waals surface area contributed by atoms with Crippen molar-refractivity contribution in [2.24, 2.45) is 0 Å². The summed E-state index contributed by atoms with van der Waals surface area (Å²) in [6, 6.07) is 17.8. The molecule has 2 N–H and O–H groups in total. The second-order valence-electron chi connectivity index (χ2n) is 6.69. The number of aliphatic hydroxyl groups is 2. The summed E-state index contributed by atoms with van der Waals surface area (Å²) >= 11 is 13.2. The van der Waals surface area contributed by atoms with E-state index < -0.39 is 41.5 Å². The number of alkyl halides is 2. The lowest BCUT2D eigenvalue weighted by molar-refractivity contribution is -0.348. The average molecular weight is 427 g/mol. The molecule has 0 aromatic heterocycles. The van der Waals surface area contributed by atoms with E-state index in [-0.39, 0.29) is 6.61 Å². The Morgan fingerprint density at radius 3 is 1.93 bits per heavy atom. The number of ether oxygens (including phenoxy) is 4. The lowest BCUT2D eigenvalue weighted by Gasteiger charge is -2.46. The van der Waals surface area contributed by atoms with Gasteiger partial charge < -0.3 is 29.2 Å². The van der Waals surface area contributed by atoms with Gasteiger partial charge in [-0.25, -0.2) is 0 Å². The minimum atomic E-state index is -1.69. The zero-order valence-electron chi connectivity index (χ0n) is 14.8. The zero-order valence-corrected chi connectivity index (χ0v) is 16.3. The molecule has 6 atom stereocenters. The third-order valence-corrected chi connectivity index (χ3v) is 5.62. The van der Waals surface area contributed by atoms with Crippen LogP contribution in [0.3, 0.4) is 0 Å². The fraction of sp³-hybridized carbons (Fsp3) is 0.400. The molecular weight excluding hydrogens is 407 g/mol. The number of benzene rings is 2. The van der Waals surface area contributed by atoms with Crippen LogP contribution in [0.15, 0.2) is 60.7 Å². The van der Waals surface area contributed by atoms with Gasteiger partial charge in [0.1, 0.15) is 24.4 Å². The molecular formula is C20H20Cl2O6. The minimum Gasteiger partial charge on any atom is -0.394 e. The van der Waals surface area contributed by atoms with Gasteiger partial charge in [-0.3, -0.25) is 0 Å². The lowest BCUT2D eigenvalue weighted by atomic mass is 10.0. The summed E-state index contributed by atoms with van der Waals surface area (Å²) in [7, 11) is 0. The molecule has 0 spiro atoms. The van der Waals surface area contributed by atoms with E-state index in [2.05, 4.69) is 0 Å². The van der Waals surface area contributed by atoms with Crippen LogP contribution in [0, 0.1) is 0 Å². The second kappa shape index (κ2) is 7.89. The second-order valence-corrected chi connectivity index (χ2v) is 7.68. The van der Waals surface area contributed by atoms with E-state index in [1.165, 1.54) is 0 Å². The molecule has 2 heterocycles. The van der Waals surface area contributed by atoms with Crippen molar-refractivity contribution in [1.82, 2.24) is 0 Å². The van der Waals surface area contributed by atoms with Crippen LogP contribution in [0.4, 0.5) is 0 Å². The predicted molar refractivity (Wildman–Crippen MR) is 102 cm³/mol. The van der Waals surface area contributed by atoms with Gasteiger partial charge in [-0.2, -0.15) is 0 Å². The fourth-order valence-corrected chi connectivity index (χ4v) is 4.02. The van der Waals surface area contributed by atoms with Crippen molar-refractivity contribution in [3.05, 3.63) is 71.8 Å². The Morgan fingerprint density at radius 1 is 0.821 bits per heavy atom. The Kier molecular flexibility index (Phi) is 5.66. The smallest absolute Gasteiger partial charge is 0.277 e. The molecule has 0 aliphatic carbocycles. The largest absolute Gasteiger partial charge is 0.394 e. The van der Waals surface area contributed by atoms with Crippen molar-refractivity contribution >= 4 is 23.2 Å². The highest BCUT2D eigenvalue weighted by molar-refractivity contribution is 6.22. The SMILES string of the molecule is OC[C@@H]1OC(Cl)(c2ccccc2)O[C@@H]2[C@H]1OC(Cl)(c1ccccc1)OC[C@H]2O. The van der Waals surface area contributed by atoms with Crippen LogP contribution >= 0.6 is 23.2 Å². The van der Waals surface area contributed by atoms with Gasteiger partial charge in [0.15, 0.2) is 0 Å². The Morgan fingerprint density at radius 2 is 1.36 bits per heavy atom. The third-order valence-electron chi connectivity index (χ3n) is 4.80. The Balaban J connectivity index is 1.68. The average Bonchev–Trinajstić information content (AvgIpc) is 2.86. The summed E-state index contributed by atoms with van der Waals surface area (Å²) in [5.41, 5.74) is 1.08. The van der Waals surface area contributed by atoms with Gasteiger partial charge in [0.2, 0.25) is 0 Å². The predicted octanol–water partition coefficient (Wildman–Crippen LogP) is 2.64. The number of aliphatic hydroxyl groups excluding tert-OH is 2. The monoisotopic (exact) mass is 426 g/mol. The molecule has 0 radical (unpaired) electrons. The molecule has 2 aliphatic rings. The van der Waals surface area contributed by atoms with Gasteiger partial charge in [-0.1, -0.05) is 83.9 Å². The van der Waals surface area contributed by atoms with Crippen LogP contribution < -0.4 is 0 Å². The highest BCUT2D eigenvalue weighted by atomic mass is 35.5. The molecule has 8 heteroatoms. The van der Waals surface area contributed by atoms with Crippen LogP contribution in [0.5, 0.6) is 0 Å². The van der Waals surface area contributed by atoms with Crippen molar-refractivity contribution in [2.75, 3.05) is 13.2 Å². The summed E-state index contributed by atoms with van der Waals surface area (Å²) in [6.07, 6.45) is -3.87. The molecule has 0 saturated carbocycles. The molecule has 4 rings (SSSR count). The molecule has 2 unspecified atom stereocenters. The molecule has 150 valence electrons. The maximum Gasteiger partial charge on any atom is 0.277 e. The van der Waals surface area contributed by atoms with E-state index in [0.29, 0.717) is 11.1 Å². The maximum atomic E-state index is 10.7. The minimum absolute atomic E-state index is 0.153. The van der Waals surface area contributed by atoms with Crippen molar-refractivity contribution in [3.8, 4) is 0 Å². The van der Waals surface area contributed by atoms with Crippen molar-refractivity contribution in [3.63, 3.8) is 0 Å². The molecule has 2 aromatic carbocycles. The number of fused-ring (bicyclic) bond motifs is 1. The summed E-state index contributed by atoms with van der Waals surface area (Å²) in [5, 5.41) is 17.3. The summed E-state index contributed by atoms with van der Waals surface area (Å²) in [5.74, 6) is 0. The summed E-state index contributed by atoms with van der Waals surface area (Å²) in [6.45, 7) is -0.570. The van der Waals surface area contributed by atoms with Gasteiger partial charge in [0.05, 0.1) is 13.2 Å². The molecule has 6 nitrogen and oxygen atoms in total. The summed E-state index contributed by atoms with van der Waals surface area (Å²) in [4.78, 5) is 0. The third kappa shape index (κ3) is 3.67. The first-order valence-corrected chi connectivity index (χ1v) is 9.66. The number of halogens is 2. The van der Waals surface area contributed by atoms with Gasteiger partial charge >= 0.3 is 0 Å². The fourth-order valence-electron chi connectivity index (χ4n) is 3.38. The Hall–Kier alpha value is -1.22. The molecule has 28 heavy (non-hydrogen) atoms. The van der Waals surface area contributed by atoms with Crippen molar-refractivity contribution < 1.29 is 29.2 Å². The van der Waals surface area contributed by atoms with E-state index >= 15 is 0 Å². The molecule has 2 saturated heterocycles. The van der Waals surface area contributed by atoms with Crippen molar-refractivity contribution in [2.45, 2.75) is 34.9 Å². The van der Waals surface area contributed by atoms with E-state index in [9.17, 15) is 10.2 Å². The lowest BCUT2D eigenvalue weighted by Crippen LogP contribution is -2.59. The van der Waals surface area contributed by atoms with E-state index in [4.69, 9.17) is 42.1 Å². The van der Waals surface area contributed by atoms with Crippen LogP contribution in [0.2, 0.25) is 0 Å². The van der Waals surface area contributed by atoms with Crippen LogP contribution in [0.1, 0.15) is 11.1 Å². The molecule has 2 fully saturated rings. The van der Waals surface area contributed by atoms with Crippen LogP contribution in [-0.2, 0) is 29.4 Å². The topological polar surface area (TPSA) is 77.4 Å². The summed E-state index contributed by atoms with van der Waals surface area (Å²) < 4.78 is 23.5. The van der Waals surface area contributed by atoms with Gasteiger partial charge in [-0.05, 0) is 0 Å². The van der Waals surface area contributed by atoms with E-state index in [1.54, 1.807) is 48.5 Å². The molecule has 0 bridgehead atoms. The van der Waals surface area contributed by atoms with Gasteiger partial charge in [0.25, 0.3) is 10.5 Å². The van der Waals surface area contributed by atoms with Crippen LogP contribution in [-0.4, -0.2) is 47.8 Å². The standard InChI is InChI=1S/C20H20Cl2O6/c21-19(13-7-3-1-4-8-13)25-12-15(24)17-18(28-19)16(11-23)26-20(22,27-17)14-9-5-2-6-10-14/h1-10,15-18,23-24H,11-12H2/t15-,16+,17+,18+,19?,20?/m1/s1. The number of rotatable bonds is 3. The first-order valence-electron chi connectivity index (χ1n) is 8.90. The first-order chi connectivity index (χ1) is 13.5. The normalized spacial score (nSPS) is 38.4. The van der Waals surface area contributed by atoms with E-state index in [1.807, 2.05) is 12.1 Å². The van der Waals surface area contributed by atoms with Gasteiger partial charge in [-0.15, -0.1) is 0 Å². The maximum absolute atomic E-state index is 10.7. The molecule has 2 aromatic rings. The number of hydrogen-bond donors (Lipinski definition) is 2. The zero-order chi connectivity index (χ0) is 19.8. The number of hydrogen-bond acceptors (Lipinski definition) is 6.